The van der Waals surface area contributed by atoms with E-state index in [-0.39, 0.29) is 6.61 Å². The molecule has 0 saturated heterocycles. The SMILES string of the molecule is COc1ccc(C(N)CCOCC(F)F)c(OC)c1Cl. The maximum atomic E-state index is 11.9. The van der Waals surface area contributed by atoms with Crippen LogP contribution in [-0.4, -0.2) is 33.9 Å². The van der Waals surface area contributed by atoms with Crippen LogP contribution in [0.25, 0.3) is 0 Å². The molecule has 0 radical (unpaired) electrons. The Labute approximate surface area is 121 Å². The van der Waals surface area contributed by atoms with Crippen LogP contribution in [0.4, 0.5) is 8.78 Å². The molecule has 0 fully saturated rings. The van der Waals surface area contributed by atoms with E-state index in [0.717, 1.165) is 0 Å². The van der Waals surface area contributed by atoms with Crippen LogP contribution in [0, 0.1) is 0 Å². The minimum atomic E-state index is -2.48. The van der Waals surface area contributed by atoms with Gasteiger partial charge in [-0.25, -0.2) is 8.78 Å². The largest absolute Gasteiger partial charge is 0.495 e. The third-order valence-electron chi connectivity index (χ3n) is 2.73. The van der Waals surface area contributed by atoms with E-state index in [1.165, 1.54) is 14.2 Å². The fourth-order valence-corrected chi connectivity index (χ4v) is 2.07. The van der Waals surface area contributed by atoms with Crippen molar-refractivity contribution in [3.63, 3.8) is 0 Å². The number of benzene rings is 1. The van der Waals surface area contributed by atoms with Gasteiger partial charge in [-0.05, 0) is 18.6 Å². The predicted octanol–water partition coefficient (Wildman–Crippen LogP) is 3.03. The molecule has 1 unspecified atom stereocenters. The summed E-state index contributed by atoms with van der Waals surface area (Å²) in [7, 11) is 2.97. The highest BCUT2D eigenvalue weighted by Crippen LogP contribution is 2.39. The number of alkyl halides is 2. The molecule has 20 heavy (non-hydrogen) atoms. The molecule has 0 bridgehead atoms. The molecule has 1 aromatic rings. The summed E-state index contributed by atoms with van der Waals surface area (Å²) < 4.78 is 39.0. The second-order valence-corrected chi connectivity index (χ2v) is 4.44. The van der Waals surface area contributed by atoms with Gasteiger partial charge in [0.2, 0.25) is 0 Å². The number of methoxy groups -OCH3 is 2. The number of hydrogen-bond donors (Lipinski definition) is 1. The maximum absolute atomic E-state index is 11.9. The standard InChI is InChI=1S/C13H18ClF2NO3/c1-18-10-4-3-8(13(19-2)12(10)14)9(17)5-6-20-7-11(15)16/h3-4,9,11H,5-7,17H2,1-2H3. The molecule has 0 aliphatic carbocycles. The average molecular weight is 310 g/mol. The zero-order valence-corrected chi connectivity index (χ0v) is 12.1. The Morgan fingerprint density at radius 2 is 1.95 bits per heavy atom. The van der Waals surface area contributed by atoms with Crippen LogP contribution in [0.5, 0.6) is 11.5 Å². The Bertz CT molecular complexity index is 432. The van der Waals surface area contributed by atoms with Gasteiger partial charge < -0.3 is 19.9 Å². The molecular formula is C13H18ClF2NO3. The lowest BCUT2D eigenvalue weighted by molar-refractivity contribution is 0.0152. The van der Waals surface area contributed by atoms with E-state index >= 15 is 0 Å². The van der Waals surface area contributed by atoms with Crippen molar-refractivity contribution < 1.29 is 23.0 Å². The van der Waals surface area contributed by atoms with Gasteiger partial charge >= 0.3 is 0 Å². The lowest BCUT2D eigenvalue weighted by Gasteiger charge is -2.18. The van der Waals surface area contributed by atoms with Gasteiger partial charge in [0.15, 0.2) is 0 Å². The van der Waals surface area contributed by atoms with Crippen LogP contribution in [0.3, 0.4) is 0 Å². The van der Waals surface area contributed by atoms with Gasteiger partial charge in [-0.3, -0.25) is 0 Å². The van der Waals surface area contributed by atoms with Crippen molar-refractivity contribution in [1.29, 1.82) is 0 Å². The van der Waals surface area contributed by atoms with E-state index in [1.807, 2.05) is 0 Å². The minimum absolute atomic E-state index is 0.137. The molecule has 0 aromatic heterocycles. The Morgan fingerprint density at radius 1 is 1.25 bits per heavy atom. The maximum Gasteiger partial charge on any atom is 0.261 e. The highest BCUT2D eigenvalue weighted by molar-refractivity contribution is 6.33. The molecule has 1 rings (SSSR count). The molecule has 0 aliphatic rings. The fourth-order valence-electron chi connectivity index (χ4n) is 1.75. The summed E-state index contributed by atoms with van der Waals surface area (Å²) in [5.74, 6) is 0.904. The predicted molar refractivity (Wildman–Crippen MR) is 72.9 cm³/mol. The Morgan fingerprint density at radius 3 is 2.50 bits per heavy atom. The van der Waals surface area contributed by atoms with Gasteiger partial charge in [-0.15, -0.1) is 0 Å². The molecule has 1 atom stereocenters. The zero-order valence-electron chi connectivity index (χ0n) is 11.4. The number of halogens is 3. The number of nitrogens with two attached hydrogens (primary N) is 1. The highest BCUT2D eigenvalue weighted by atomic mass is 35.5. The first-order valence-corrected chi connectivity index (χ1v) is 6.40. The van der Waals surface area contributed by atoms with E-state index in [9.17, 15) is 8.78 Å². The van der Waals surface area contributed by atoms with Gasteiger partial charge in [0.1, 0.15) is 23.1 Å². The summed E-state index contributed by atoms with van der Waals surface area (Å²) in [6, 6.07) is 2.99. The van der Waals surface area contributed by atoms with E-state index in [1.54, 1.807) is 12.1 Å². The molecule has 0 heterocycles. The molecule has 0 spiro atoms. The van der Waals surface area contributed by atoms with Crippen LogP contribution in [-0.2, 0) is 4.74 Å². The van der Waals surface area contributed by atoms with Crippen molar-refractivity contribution in [2.45, 2.75) is 18.9 Å². The van der Waals surface area contributed by atoms with E-state index in [0.29, 0.717) is 28.5 Å². The molecule has 1 aromatic carbocycles. The van der Waals surface area contributed by atoms with Crippen LogP contribution in [0.15, 0.2) is 12.1 Å². The molecule has 0 saturated carbocycles. The summed E-state index contributed by atoms with van der Waals surface area (Å²) in [5, 5.41) is 0.330. The first kappa shape index (κ1) is 16.9. The smallest absolute Gasteiger partial charge is 0.261 e. The van der Waals surface area contributed by atoms with Gasteiger partial charge in [0.05, 0.1) is 14.2 Å². The molecule has 114 valence electrons. The monoisotopic (exact) mass is 309 g/mol. The summed E-state index contributed by atoms with van der Waals surface area (Å²) in [6.45, 7) is -0.453. The van der Waals surface area contributed by atoms with Crippen LogP contribution in [0.1, 0.15) is 18.0 Å². The van der Waals surface area contributed by atoms with Crippen molar-refractivity contribution in [2.75, 3.05) is 27.4 Å². The van der Waals surface area contributed by atoms with Crippen LogP contribution < -0.4 is 15.2 Å². The molecule has 2 N–H and O–H groups in total. The Balaban J connectivity index is 2.72. The van der Waals surface area contributed by atoms with Crippen LogP contribution in [0.2, 0.25) is 5.02 Å². The number of rotatable bonds is 8. The Kier molecular flexibility index (Phi) is 6.98. The normalized spacial score (nSPS) is 12.6. The zero-order chi connectivity index (χ0) is 15.1. The topological polar surface area (TPSA) is 53.7 Å². The molecule has 7 heteroatoms. The van der Waals surface area contributed by atoms with Crippen molar-refractivity contribution in [2.24, 2.45) is 5.73 Å². The fraction of sp³-hybridized carbons (Fsp3) is 0.538. The molecule has 4 nitrogen and oxygen atoms in total. The molecule has 0 aliphatic heterocycles. The Hall–Kier alpha value is -1.11. The van der Waals surface area contributed by atoms with E-state index in [2.05, 4.69) is 0 Å². The lowest BCUT2D eigenvalue weighted by atomic mass is 10.0. The first-order chi connectivity index (χ1) is 9.51. The summed E-state index contributed by atoms with van der Waals surface area (Å²) in [6.07, 6.45) is -2.10. The third kappa shape index (κ3) is 4.47. The minimum Gasteiger partial charge on any atom is -0.495 e. The van der Waals surface area contributed by atoms with Crippen molar-refractivity contribution in [3.8, 4) is 11.5 Å². The average Bonchev–Trinajstić information content (AvgIpc) is 2.42. The van der Waals surface area contributed by atoms with Crippen molar-refractivity contribution >= 4 is 11.6 Å². The van der Waals surface area contributed by atoms with E-state index < -0.39 is 19.1 Å². The third-order valence-corrected chi connectivity index (χ3v) is 3.09. The van der Waals surface area contributed by atoms with Gasteiger partial charge in [-0.2, -0.15) is 0 Å². The van der Waals surface area contributed by atoms with Gasteiger partial charge in [0.25, 0.3) is 6.43 Å². The lowest BCUT2D eigenvalue weighted by Crippen LogP contribution is -2.16. The first-order valence-electron chi connectivity index (χ1n) is 6.03. The second kappa shape index (κ2) is 8.24. The van der Waals surface area contributed by atoms with Crippen LogP contribution >= 0.6 is 11.6 Å². The number of hydrogen-bond acceptors (Lipinski definition) is 4. The highest BCUT2D eigenvalue weighted by Gasteiger charge is 2.18. The summed E-state index contributed by atoms with van der Waals surface area (Å²) in [4.78, 5) is 0. The summed E-state index contributed by atoms with van der Waals surface area (Å²) in [5.41, 5.74) is 6.68. The number of ether oxygens (including phenoxy) is 3. The summed E-state index contributed by atoms with van der Waals surface area (Å²) >= 11 is 6.13. The van der Waals surface area contributed by atoms with Gasteiger partial charge in [0, 0.05) is 18.2 Å². The van der Waals surface area contributed by atoms with E-state index in [4.69, 9.17) is 31.5 Å². The quantitative estimate of drug-likeness (QED) is 0.750. The van der Waals surface area contributed by atoms with Gasteiger partial charge in [-0.1, -0.05) is 11.6 Å². The van der Waals surface area contributed by atoms with Crippen molar-refractivity contribution in [3.05, 3.63) is 22.7 Å². The molecular weight excluding hydrogens is 292 g/mol. The second-order valence-electron chi connectivity index (χ2n) is 4.07. The molecule has 0 amide bonds. The van der Waals surface area contributed by atoms with Crippen molar-refractivity contribution in [1.82, 2.24) is 0 Å².